The number of carbonyl (C=O) groups is 1. The number of rotatable bonds is 3. The number of nitrogens with one attached hydrogen (secondary N) is 2. The highest BCUT2D eigenvalue weighted by Crippen LogP contribution is 2.27. The van der Waals surface area contributed by atoms with E-state index in [1.165, 1.54) is 0 Å². The maximum Gasteiger partial charge on any atom is 0.252 e. The van der Waals surface area contributed by atoms with Crippen molar-refractivity contribution < 1.29 is 4.79 Å². The normalized spacial score (nSPS) is 18.1. The van der Waals surface area contributed by atoms with Gasteiger partial charge in [0.05, 0.1) is 5.56 Å². The Kier molecular flexibility index (Phi) is 4.63. The van der Waals surface area contributed by atoms with Crippen LogP contribution in [-0.2, 0) is 0 Å². The van der Waals surface area contributed by atoms with Crippen LogP contribution < -0.4 is 10.6 Å². The van der Waals surface area contributed by atoms with E-state index in [0.717, 1.165) is 48.1 Å². The van der Waals surface area contributed by atoms with Crippen molar-refractivity contribution in [2.75, 3.05) is 19.6 Å². The number of hydrogen-bond donors (Lipinski definition) is 2. The predicted octanol–water partition coefficient (Wildman–Crippen LogP) is 2.88. The SMILES string of the molecule is Cc1ccc(Br)c(C(=O)NCC2(C)CCNCC2)c1. The van der Waals surface area contributed by atoms with Gasteiger partial charge >= 0.3 is 0 Å². The molecule has 1 aliphatic rings. The third kappa shape index (κ3) is 3.80. The summed E-state index contributed by atoms with van der Waals surface area (Å²) >= 11 is 3.44. The molecule has 0 radical (unpaired) electrons. The van der Waals surface area contributed by atoms with Gasteiger partial charge in [-0.2, -0.15) is 0 Å². The van der Waals surface area contributed by atoms with Crippen molar-refractivity contribution in [1.29, 1.82) is 0 Å². The van der Waals surface area contributed by atoms with Gasteiger partial charge in [0.25, 0.3) is 5.91 Å². The number of halogens is 1. The summed E-state index contributed by atoms with van der Waals surface area (Å²) in [6.45, 7) is 7.08. The lowest BCUT2D eigenvalue weighted by Gasteiger charge is -2.34. The second-order valence-corrected chi connectivity index (χ2v) is 6.58. The van der Waals surface area contributed by atoms with Crippen LogP contribution in [0.2, 0.25) is 0 Å². The van der Waals surface area contributed by atoms with Crippen molar-refractivity contribution in [3.63, 3.8) is 0 Å². The molecule has 0 aliphatic carbocycles. The molecule has 1 aromatic rings. The third-order valence-corrected chi connectivity index (χ3v) is 4.54. The molecule has 2 rings (SSSR count). The Morgan fingerprint density at radius 2 is 2.11 bits per heavy atom. The van der Waals surface area contributed by atoms with E-state index in [-0.39, 0.29) is 11.3 Å². The second-order valence-electron chi connectivity index (χ2n) is 5.73. The Bertz CT molecular complexity index is 467. The first-order valence-corrected chi connectivity index (χ1v) is 7.55. The molecule has 1 aliphatic heterocycles. The van der Waals surface area contributed by atoms with E-state index in [4.69, 9.17) is 0 Å². The fraction of sp³-hybridized carbons (Fsp3) is 0.533. The van der Waals surface area contributed by atoms with Gasteiger partial charge in [-0.25, -0.2) is 0 Å². The molecule has 1 fully saturated rings. The minimum atomic E-state index is 0.00957. The fourth-order valence-electron chi connectivity index (χ4n) is 2.41. The summed E-state index contributed by atoms with van der Waals surface area (Å²) in [7, 11) is 0. The van der Waals surface area contributed by atoms with E-state index in [1.54, 1.807) is 0 Å². The lowest BCUT2D eigenvalue weighted by atomic mass is 9.81. The number of carbonyl (C=O) groups excluding carboxylic acids is 1. The molecule has 0 aromatic heterocycles. The maximum absolute atomic E-state index is 12.2. The molecule has 4 heteroatoms. The minimum Gasteiger partial charge on any atom is -0.351 e. The molecular formula is C15H21BrN2O. The van der Waals surface area contributed by atoms with Crippen LogP contribution in [0, 0.1) is 12.3 Å². The quantitative estimate of drug-likeness (QED) is 0.897. The summed E-state index contributed by atoms with van der Waals surface area (Å²) in [6.07, 6.45) is 2.23. The molecule has 0 bridgehead atoms. The van der Waals surface area contributed by atoms with Crippen LogP contribution in [0.15, 0.2) is 22.7 Å². The highest BCUT2D eigenvalue weighted by molar-refractivity contribution is 9.10. The molecule has 1 aromatic carbocycles. The first-order chi connectivity index (χ1) is 9.00. The molecule has 1 amide bonds. The van der Waals surface area contributed by atoms with Gasteiger partial charge in [0.2, 0.25) is 0 Å². The van der Waals surface area contributed by atoms with E-state index < -0.39 is 0 Å². The fourth-order valence-corrected chi connectivity index (χ4v) is 2.84. The van der Waals surface area contributed by atoms with E-state index in [9.17, 15) is 4.79 Å². The maximum atomic E-state index is 12.2. The summed E-state index contributed by atoms with van der Waals surface area (Å²) in [4.78, 5) is 12.2. The largest absolute Gasteiger partial charge is 0.351 e. The number of piperidine rings is 1. The zero-order valence-electron chi connectivity index (χ0n) is 11.6. The standard InChI is InChI=1S/C15H21BrN2O/c1-11-3-4-13(16)12(9-11)14(19)18-10-15(2)5-7-17-8-6-15/h3-4,9,17H,5-8,10H2,1-2H3,(H,18,19). The molecule has 2 N–H and O–H groups in total. The van der Waals surface area contributed by atoms with Crippen LogP contribution in [0.25, 0.3) is 0 Å². The molecule has 0 saturated carbocycles. The first-order valence-electron chi connectivity index (χ1n) is 6.75. The van der Waals surface area contributed by atoms with Crippen LogP contribution in [0.5, 0.6) is 0 Å². The Balaban J connectivity index is 1.99. The van der Waals surface area contributed by atoms with Crippen molar-refractivity contribution in [3.8, 4) is 0 Å². The summed E-state index contributed by atoms with van der Waals surface area (Å²) in [5.74, 6) is 0.00957. The number of hydrogen-bond acceptors (Lipinski definition) is 2. The number of aryl methyl sites for hydroxylation is 1. The van der Waals surface area contributed by atoms with Gasteiger partial charge < -0.3 is 10.6 Å². The van der Waals surface area contributed by atoms with E-state index >= 15 is 0 Å². The lowest BCUT2D eigenvalue weighted by molar-refractivity contribution is 0.0921. The van der Waals surface area contributed by atoms with Crippen LogP contribution in [-0.4, -0.2) is 25.5 Å². The monoisotopic (exact) mass is 324 g/mol. The Morgan fingerprint density at radius 1 is 1.42 bits per heavy atom. The zero-order valence-corrected chi connectivity index (χ0v) is 13.1. The molecule has 19 heavy (non-hydrogen) atoms. The van der Waals surface area contributed by atoms with E-state index in [1.807, 2.05) is 25.1 Å². The highest BCUT2D eigenvalue weighted by Gasteiger charge is 2.27. The zero-order chi connectivity index (χ0) is 13.9. The van der Waals surface area contributed by atoms with Crippen molar-refractivity contribution in [3.05, 3.63) is 33.8 Å². The van der Waals surface area contributed by atoms with Crippen molar-refractivity contribution in [2.45, 2.75) is 26.7 Å². The molecule has 3 nitrogen and oxygen atoms in total. The Hall–Kier alpha value is -0.870. The number of benzene rings is 1. The summed E-state index contributed by atoms with van der Waals surface area (Å²) < 4.78 is 0.853. The first kappa shape index (κ1) is 14.5. The van der Waals surface area contributed by atoms with E-state index in [2.05, 4.69) is 33.5 Å². The van der Waals surface area contributed by atoms with Gasteiger partial charge in [0.15, 0.2) is 0 Å². The van der Waals surface area contributed by atoms with Gasteiger partial charge in [-0.05, 0) is 66.3 Å². The van der Waals surface area contributed by atoms with Crippen LogP contribution in [0.1, 0.15) is 35.7 Å². The van der Waals surface area contributed by atoms with Crippen molar-refractivity contribution in [2.24, 2.45) is 5.41 Å². The minimum absolute atomic E-state index is 0.00957. The van der Waals surface area contributed by atoms with Gasteiger partial charge in [-0.15, -0.1) is 0 Å². The highest BCUT2D eigenvalue weighted by atomic mass is 79.9. The average Bonchev–Trinajstić information content (AvgIpc) is 2.40. The van der Waals surface area contributed by atoms with Crippen LogP contribution in [0.3, 0.4) is 0 Å². The molecule has 0 unspecified atom stereocenters. The predicted molar refractivity (Wildman–Crippen MR) is 81.4 cm³/mol. The molecular weight excluding hydrogens is 304 g/mol. The van der Waals surface area contributed by atoms with Gasteiger partial charge in [-0.1, -0.05) is 18.6 Å². The lowest BCUT2D eigenvalue weighted by Crippen LogP contribution is -2.42. The Morgan fingerprint density at radius 3 is 2.79 bits per heavy atom. The van der Waals surface area contributed by atoms with Gasteiger partial charge in [0.1, 0.15) is 0 Å². The number of amides is 1. The Labute approximate surface area is 123 Å². The van der Waals surface area contributed by atoms with Crippen LogP contribution in [0.4, 0.5) is 0 Å². The molecule has 0 spiro atoms. The summed E-state index contributed by atoms with van der Waals surface area (Å²) in [5, 5.41) is 6.44. The van der Waals surface area contributed by atoms with Gasteiger partial charge in [-0.3, -0.25) is 4.79 Å². The topological polar surface area (TPSA) is 41.1 Å². The van der Waals surface area contributed by atoms with Crippen LogP contribution >= 0.6 is 15.9 Å². The summed E-state index contributed by atoms with van der Waals surface area (Å²) in [6, 6.07) is 5.84. The van der Waals surface area contributed by atoms with Crippen molar-refractivity contribution >= 4 is 21.8 Å². The van der Waals surface area contributed by atoms with Crippen molar-refractivity contribution in [1.82, 2.24) is 10.6 Å². The smallest absolute Gasteiger partial charge is 0.252 e. The molecule has 1 heterocycles. The average molecular weight is 325 g/mol. The van der Waals surface area contributed by atoms with E-state index in [0.29, 0.717) is 0 Å². The third-order valence-electron chi connectivity index (χ3n) is 3.85. The summed E-state index contributed by atoms with van der Waals surface area (Å²) in [5.41, 5.74) is 2.04. The second kappa shape index (κ2) is 6.06. The van der Waals surface area contributed by atoms with Gasteiger partial charge in [0, 0.05) is 11.0 Å². The molecule has 1 saturated heterocycles. The molecule has 0 atom stereocenters. The molecule has 104 valence electrons.